The van der Waals surface area contributed by atoms with Gasteiger partial charge in [0, 0.05) is 18.4 Å². The summed E-state index contributed by atoms with van der Waals surface area (Å²) in [7, 11) is 0. The first-order valence-electron chi connectivity index (χ1n) is 8.76. The third-order valence-electron chi connectivity index (χ3n) is 4.22. The molecule has 1 amide bonds. The van der Waals surface area contributed by atoms with E-state index in [1.807, 2.05) is 36.4 Å². The van der Waals surface area contributed by atoms with Gasteiger partial charge in [0.1, 0.15) is 11.3 Å². The van der Waals surface area contributed by atoms with Crippen molar-refractivity contribution >= 4 is 11.6 Å². The molecule has 4 rings (SSSR count). The average molecular weight is 365 g/mol. The summed E-state index contributed by atoms with van der Waals surface area (Å²) in [6.07, 6.45) is 4.10. The minimum atomic E-state index is -0.169. The number of nitrogens with zero attached hydrogens (tertiary/aromatic N) is 5. The van der Waals surface area contributed by atoms with Crippen LogP contribution in [0.15, 0.2) is 51.6 Å². The van der Waals surface area contributed by atoms with E-state index in [2.05, 4.69) is 15.2 Å². The van der Waals surface area contributed by atoms with E-state index in [0.29, 0.717) is 29.8 Å². The Kier molecular flexibility index (Phi) is 4.45. The van der Waals surface area contributed by atoms with Crippen LogP contribution in [0.25, 0.3) is 17.3 Å². The van der Waals surface area contributed by atoms with Gasteiger partial charge in [-0.2, -0.15) is 0 Å². The summed E-state index contributed by atoms with van der Waals surface area (Å²) >= 11 is 0. The fourth-order valence-corrected chi connectivity index (χ4v) is 2.92. The molecule has 8 heteroatoms. The number of carbonyl (C=O) groups excluding carboxylic acids is 1. The van der Waals surface area contributed by atoms with Crippen molar-refractivity contribution in [2.24, 2.45) is 0 Å². The van der Waals surface area contributed by atoms with E-state index < -0.39 is 0 Å². The van der Waals surface area contributed by atoms with Gasteiger partial charge in [-0.3, -0.25) is 4.79 Å². The fourth-order valence-electron chi connectivity index (χ4n) is 2.92. The summed E-state index contributed by atoms with van der Waals surface area (Å²) in [5.74, 6) is 0.973. The lowest BCUT2D eigenvalue weighted by Gasteiger charge is -2.18. The second-order valence-electron chi connectivity index (χ2n) is 6.23. The molecule has 0 atom stereocenters. The number of pyridine rings is 1. The molecule has 0 aromatic carbocycles. The number of imidazole rings is 1. The van der Waals surface area contributed by atoms with Crippen molar-refractivity contribution in [2.45, 2.75) is 26.8 Å². The number of aromatic nitrogens is 4. The van der Waals surface area contributed by atoms with E-state index in [9.17, 15) is 4.79 Å². The Labute approximate surface area is 155 Å². The molecule has 0 aliphatic heterocycles. The predicted molar refractivity (Wildman–Crippen MR) is 97.0 cm³/mol. The van der Waals surface area contributed by atoms with Crippen LogP contribution in [-0.2, 0) is 6.54 Å². The van der Waals surface area contributed by atoms with Crippen LogP contribution in [0.4, 0.5) is 0 Å². The average Bonchev–Trinajstić information content (AvgIpc) is 3.40. The molecule has 0 bridgehead atoms. The Morgan fingerprint density at radius 1 is 1.22 bits per heavy atom. The van der Waals surface area contributed by atoms with E-state index >= 15 is 0 Å². The zero-order valence-corrected chi connectivity index (χ0v) is 15.1. The molecule has 138 valence electrons. The minimum absolute atomic E-state index is 0.169. The molecule has 0 fully saturated rings. The van der Waals surface area contributed by atoms with Crippen LogP contribution >= 0.6 is 0 Å². The maximum atomic E-state index is 13.0. The third-order valence-corrected chi connectivity index (χ3v) is 4.22. The Morgan fingerprint density at radius 3 is 2.85 bits per heavy atom. The van der Waals surface area contributed by atoms with E-state index in [0.717, 1.165) is 17.8 Å². The molecule has 0 spiro atoms. The molecule has 0 saturated heterocycles. The first kappa shape index (κ1) is 17.0. The van der Waals surface area contributed by atoms with Gasteiger partial charge in [0.25, 0.3) is 11.8 Å². The van der Waals surface area contributed by atoms with Crippen molar-refractivity contribution in [1.82, 2.24) is 24.5 Å². The summed E-state index contributed by atoms with van der Waals surface area (Å²) in [6.45, 7) is 4.76. The summed E-state index contributed by atoms with van der Waals surface area (Å²) in [6, 6.07) is 9.26. The smallest absolute Gasteiger partial charge is 0.283 e. The zero-order valence-electron chi connectivity index (χ0n) is 15.1. The first-order chi connectivity index (χ1) is 13.2. The molecule has 0 N–H and O–H groups in total. The van der Waals surface area contributed by atoms with Crippen LogP contribution in [0.2, 0.25) is 0 Å². The molecule has 0 aliphatic carbocycles. The summed E-state index contributed by atoms with van der Waals surface area (Å²) < 4.78 is 12.8. The number of furan rings is 1. The lowest BCUT2D eigenvalue weighted by molar-refractivity contribution is 0.0723. The van der Waals surface area contributed by atoms with Crippen LogP contribution < -0.4 is 0 Å². The van der Waals surface area contributed by atoms with Crippen molar-refractivity contribution in [3.8, 4) is 11.7 Å². The van der Waals surface area contributed by atoms with Gasteiger partial charge < -0.3 is 18.1 Å². The van der Waals surface area contributed by atoms with Gasteiger partial charge >= 0.3 is 0 Å². The summed E-state index contributed by atoms with van der Waals surface area (Å²) in [5.41, 5.74) is 2.15. The molecular weight excluding hydrogens is 346 g/mol. The molecule has 0 radical (unpaired) electrons. The molecule has 0 aliphatic rings. The second kappa shape index (κ2) is 7.06. The van der Waals surface area contributed by atoms with Crippen molar-refractivity contribution < 1.29 is 13.6 Å². The Morgan fingerprint density at radius 2 is 2.11 bits per heavy atom. The van der Waals surface area contributed by atoms with Gasteiger partial charge in [0.15, 0.2) is 5.76 Å². The molecule has 0 saturated carbocycles. The van der Waals surface area contributed by atoms with Crippen molar-refractivity contribution in [3.05, 3.63) is 60.1 Å². The second-order valence-corrected chi connectivity index (χ2v) is 6.23. The molecule has 4 aromatic rings. The molecule has 4 aromatic heterocycles. The van der Waals surface area contributed by atoms with Gasteiger partial charge in [0.05, 0.1) is 12.8 Å². The molecule has 4 heterocycles. The van der Waals surface area contributed by atoms with E-state index in [1.165, 1.54) is 6.26 Å². The highest BCUT2D eigenvalue weighted by Crippen LogP contribution is 2.19. The number of aryl methyl sites for hydroxylation is 1. The maximum Gasteiger partial charge on any atom is 0.283 e. The van der Waals surface area contributed by atoms with E-state index in [1.54, 1.807) is 23.2 Å². The van der Waals surface area contributed by atoms with Gasteiger partial charge in [-0.15, -0.1) is 10.2 Å². The van der Waals surface area contributed by atoms with Gasteiger partial charge in [-0.05, 0) is 37.6 Å². The standard InChI is InChI=1S/C19H19N5O3/c1-3-9-23(12-17-21-22-18(27-17)15-7-5-10-26-15)19(25)14-11-24-13(2)6-4-8-16(24)20-14/h4-8,10-11H,3,9,12H2,1-2H3. The monoisotopic (exact) mass is 365 g/mol. The SMILES string of the molecule is CCCN(Cc1nnc(-c2ccco2)o1)C(=O)c1cn2c(C)cccc2n1. The first-order valence-corrected chi connectivity index (χ1v) is 8.76. The third kappa shape index (κ3) is 3.33. The number of fused-ring (bicyclic) bond motifs is 1. The molecular formula is C19H19N5O3. The number of carbonyl (C=O) groups is 1. The minimum Gasteiger partial charge on any atom is -0.459 e. The zero-order chi connectivity index (χ0) is 18.8. The maximum absolute atomic E-state index is 13.0. The Bertz CT molecular complexity index is 1060. The predicted octanol–water partition coefficient (Wildman–Crippen LogP) is 3.34. The van der Waals surface area contributed by atoms with Crippen molar-refractivity contribution in [2.75, 3.05) is 6.54 Å². The quantitative estimate of drug-likeness (QED) is 0.521. The van der Waals surface area contributed by atoms with E-state index in [4.69, 9.17) is 8.83 Å². The van der Waals surface area contributed by atoms with Crippen LogP contribution in [0, 0.1) is 6.92 Å². The van der Waals surface area contributed by atoms with Crippen LogP contribution in [0.1, 0.15) is 35.4 Å². The molecule has 27 heavy (non-hydrogen) atoms. The van der Waals surface area contributed by atoms with Crippen molar-refractivity contribution in [1.29, 1.82) is 0 Å². The Balaban J connectivity index is 1.58. The van der Waals surface area contributed by atoms with Gasteiger partial charge in [0.2, 0.25) is 5.89 Å². The van der Waals surface area contributed by atoms with E-state index in [-0.39, 0.29) is 12.5 Å². The highest BCUT2D eigenvalue weighted by atomic mass is 16.4. The lowest BCUT2D eigenvalue weighted by Crippen LogP contribution is -2.31. The number of hydrogen-bond donors (Lipinski definition) is 0. The van der Waals surface area contributed by atoms with Crippen LogP contribution in [-0.4, -0.2) is 36.9 Å². The number of amides is 1. The van der Waals surface area contributed by atoms with Gasteiger partial charge in [-0.1, -0.05) is 13.0 Å². The number of hydrogen-bond acceptors (Lipinski definition) is 6. The van der Waals surface area contributed by atoms with Crippen LogP contribution in [0.3, 0.4) is 0 Å². The van der Waals surface area contributed by atoms with Gasteiger partial charge in [-0.25, -0.2) is 4.98 Å². The van der Waals surface area contributed by atoms with Crippen molar-refractivity contribution in [3.63, 3.8) is 0 Å². The lowest BCUT2D eigenvalue weighted by atomic mass is 10.3. The van der Waals surface area contributed by atoms with Crippen LogP contribution in [0.5, 0.6) is 0 Å². The highest BCUT2D eigenvalue weighted by molar-refractivity contribution is 5.92. The number of rotatable bonds is 6. The summed E-state index contributed by atoms with van der Waals surface area (Å²) in [4.78, 5) is 19.1. The normalized spacial score (nSPS) is 11.2. The topological polar surface area (TPSA) is 89.7 Å². The summed E-state index contributed by atoms with van der Waals surface area (Å²) in [5, 5.41) is 8.01. The Hall–Kier alpha value is -3.42. The highest BCUT2D eigenvalue weighted by Gasteiger charge is 2.22. The largest absolute Gasteiger partial charge is 0.459 e. The fraction of sp³-hybridized carbons (Fsp3) is 0.263. The molecule has 0 unspecified atom stereocenters. The molecule has 8 nitrogen and oxygen atoms in total.